The zero-order valence-electron chi connectivity index (χ0n) is 11.3. The van der Waals surface area contributed by atoms with Gasteiger partial charge in [-0.2, -0.15) is 0 Å². The maximum atomic E-state index is 12.2. The zero-order valence-corrected chi connectivity index (χ0v) is 11.3. The fraction of sp³-hybridized carbons (Fsp3) is 0.929. The van der Waals surface area contributed by atoms with Gasteiger partial charge >= 0.3 is 0 Å². The molecule has 2 N–H and O–H groups in total. The van der Waals surface area contributed by atoms with Crippen LogP contribution in [0.25, 0.3) is 0 Å². The SMILES string of the molecule is CCC1(CNC(=O)C2(C)CCNC2)CCCC1. The Morgan fingerprint density at radius 2 is 2.00 bits per heavy atom. The summed E-state index contributed by atoms with van der Waals surface area (Å²) in [7, 11) is 0. The molecule has 98 valence electrons. The molecule has 1 saturated heterocycles. The minimum Gasteiger partial charge on any atom is -0.355 e. The van der Waals surface area contributed by atoms with Crippen LogP contribution >= 0.6 is 0 Å². The molecule has 3 nitrogen and oxygen atoms in total. The zero-order chi connectivity index (χ0) is 12.4. The van der Waals surface area contributed by atoms with Gasteiger partial charge < -0.3 is 10.6 Å². The highest BCUT2D eigenvalue weighted by Gasteiger charge is 2.38. The second-order valence-electron chi connectivity index (χ2n) is 6.23. The summed E-state index contributed by atoms with van der Waals surface area (Å²) in [5.41, 5.74) is 0.228. The van der Waals surface area contributed by atoms with E-state index in [-0.39, 0.29) is 11.3 Å². The Kier molecular flexibility index (Phi) is 3.76. The van der Waals surface area contributed by atoms with Gasteiger partial charge in [0.2, 0.25) is 5.91 Å². The summed E-state index contributed by atoms with van der Waals surface area (Å²) in [6.45, 7) is 7.03. The second-order valence-corrected chi connectivity index (χ2v) is 6.23. The van der Waals surface area contributed by atoms with E-state index < -0.39 is 0 Å². The van der Waals surface area contributed by atoms with Crippen molar-refractivity contribution in [2.24, 2.45) is 10.8 Å². The van der Waals surface area contributed by atoms with Gasteiger partial charge in [0.05, 0.1) is 5.41 Å². The minimum absolute atomic E-state index is 0.173. The summed E-state index contributed by atoms with van der Waals surface area (Å²) >= 11 is 0. The van der Waals surface area contributed by atoms with Gasteiger partial charge in [-0.1, -0.05) is 19.8 Å². The molecule has 2 fully saturated rings. The number of amides is 1. The van der Waals surface area contributed by atoms with E-state index >= 15 is 0 Å². The number of nitrogens with one attached hydrogen (secondary N) is 2. The highest BCUT2D eigenvalue weighted by molar-refractivity contribution is 5.82. The van der Waals surface area contributed by atoms with Crippen molar-refractivity contribution in [1.82, 2.24) is 10.6 Å². The van der Waals surface area contributed by atoms with Crippen LogP contribution in [0.15, 0.2) is 0 Å². The van der Waals surface area contributed by atoms with Crippen LogP contribution in [-0.4, -0.2) is 25.5 Å². The van der Waals surface area contributed by atoms with E-state index in [4.69, 9.17) is 0 Å². The van der Waals surface area contributed by atoms with E-state index in [2.05, 4.69) is 24.5 Å². The van der Waals surface area contributed by atoms with E-state index in [0.29, 0.717) is 5.41 Å². The average Bonchev–Trinajstić information content (AvgIpc) is 2.96. The van der Waals surface area contributed by atoms with E-state index in [9.17, 15) is 4.79 Å². The van der Waals surface area contributed by atoms with Crippen LogP contribution in [0.5, 0.6) is 0 Å². The van der Waals surface area contributed by atoms with Gasteiger partial charge in [0.25, 0.3) is 0 Å². The van der Waals surface area contributed by atoms with Gasteiger partial charge in [-0.25, -0.2) is 0 Å². The molecule has 0 aromatic carbocycles. The summed E-state index contributed by atoms with van der Waals surface area (Å²) < 4.78 is 0. The van der Waals surface area contributed by atoms with Gasteiger partial charge in [-0.3, -0.25) is 4.79 Å². The van der Waals surface area contributed by atoms with Crippen LogP contribution < -0.4 is 10.6 Å². The Morgan fingerprint density at radius 1 is 1.29 bits per heavy atom. The van der Waals surface area contributed by atoms with Gasteiger partial charge in [-0.05, 0) is 44.6 Å². The lowest BCUT2D eigenvalue weighted by Gasteiger charge is -2.30. The fourth-order valence-electron chi connectivity index (χ4n) is 3.27. The molecule has 2 aliphatic rings. The van der Waals surface area contributed by atoms with Crippen molar-refractivity contribution in [3.05, 3.63) is 0 Å². The van der Waals surface area contributed by atoms with Crippen LogP contribution in [0, 0.1) is 10.8 Å². The molecule has 3 heteroatoms. The van der Waals surface area contributed by atoms with Crippen molar-refractivity contribution in [2.75, 3.05) is 19.6 Å². The van der Waals surface area contributed by atoms with Gasteiger partial charge in [0.15, 0.2) is 0 Å². The van der Waals surface area contributed by atoms with Crippen molar-refractivity contribution in [1.29, 1.82) is 0 Å². The number of carbonyl (C=O) groups is 1. The largest absolute Gasteiger partial charge is 0.355 e. The lowest BCUT2D eigenvalue weighted by Crippen LogP contribution is -2.44. The van der Waals surface area contributed by atoms with Crippen molar-refractivity contribution in [2.45, 2.75) is 52.4 Å². The molecule has 1 aliphatic carbocycles. The highest BCUT2D eigenvalue weighted by atomic mass is 16.2. The molecule has 1 amide bonds. The Morgan fingerprint density at radius 3 is 2.53 bits per heavy atom. The van der Waals surface area contributed by atoms with Gasteiger partial charge in [-0.15, -0.1) is 0 Å². The molecule has 0 spiro atoms. The van der Waals surface area contributed by atoms with Crippen LogP contribution in [-0.2, 0) is 4.79 Å². The predicted octanol–water partition coefficient (Wildman–Crippen LogP) is 2.07. The Labute approximate surface area is 105 Å². The number of hydrogen-bond acceptors (Lipinski definition) is 2. The minimum atomic E-state index is -0.173. The maximum absolute atomic E-state index is 12.2. The van der Waals surface area contributed by atoms with E-state index in [0.717, 1.165) is 26.1 Å². The van der Waals surface area contributed by atoms with Crippen molar-refractivity contribution >= 4 is 5.91 Å². The van der Waals surface area contributed by atoms with Crippen molar-refractivity contribution in [3.63, 3.8) is 0 Å². The van der Waals surface area contributed by atoms with Gasteiger partial charge in [0, 0.05) is 13.1 Å². The Bertz CT molecular complexity index is 276. The molecule has 1 aliphatic heterocycles. The van der Waals surface area contributed by atoms with Crippen LogP contribution in [0.2, 0.25) is 0 Å². The second kappa shape index (κ2) is 4.97. The molecule has 2 rings (SSSR count). The van der Waals surface area contributed by atoms with Crippen molar-refractivity contribution < 1.29 is 4.79 Å². The first-order chi connectivity index (χ1) is 8.10. The van der Waals surface area contributed by atoms with E-state index in [1.54, 1.807) is 0 Å². The molecule has 0 bridgehead atoms. The summed E-state index contributed by atoms with van der Waals surface area (Å²) in [5.74, 6) is 0.252. The fourth-order valence-corrected chi connectivity index (χ4v) is 3.27. The Balaban J connectivity index is 1.87. The summed E-state index contributed by atoms with van der Waals surface area (Å²) in [5, 5.41) is 6.50. The highest BCUT2D eigenvalue weighted by Crippen LogP contribution is 2.40. The first-order valence-electron chi connectivity index (χ1n) is 7.09. The van der Waals surface area contributed by atoms with Crippen LogP contribution in [0.4, 0.5) is 0 Å². The molecule has 1 atom stereocenters. The van der Waals surface area contributed by atoms with E-state index in [1.165, 1.54) is 32.1 Å². The first kappa shape index (κ1) is 12.9. The molecule has 0 radical (unpaired) electrons. The lowest BCUT2D eigenvalue weighted by molar-refractivity contribution is -0.129. The molecule has 1 saturated carbocycles. The summed E-state index contributed by atoms with van der Waals surface area (Å²) in [6.07, 6.45) is 7.42. The summed E-state index contributed by atoms with van der Waals surface area (Å²) in [4.78, 5) is 12.2. The molecule has 1 heterocycles. The van der Waals surface area contributed by atoms with Crippen LogP contribution in [0.1, 0.15) is 52.4 Å². The number of rotatable bonds is 4. The standard InChI is InChI=1S/C14H26N2O/c1-3-14(6-4-5-7-14)11-16-12(17)13(2)8-9-15-10-13/h15H,3-11H2,1-2H3,(H,16,17). The Hall–Kier alpha value is -0.570. The monoisotopic (exact) mass is 238 g/mol. The van der Waals surface area contributed by atoms with Crippen molar-refractivity contribution in [3.8, 4) is 0 Å². The predicted molar refractivity (Wildman–Crippen MR) is 69.8 cm³/mol. The maximum Gasteiger partial charge on any atom is 0.227 e. The molecule has 1 unspecified atom stereocenters. The third-order valence-corrected chi connectivity index (χ3v) is 4.96. The third-order valence-electron chi connectivity index (χ3n) is 4.96. The first-order valence-corrected chi connectivity index (χ1v) is 7.09. The molecular weight excluding hydrogens is 212 g/mol. The molecule has 0 aromatic rings. The number of carbonyl (C=O) groups excluding carboxylic acids is 1. The molecular formula is C14H26N2O. The molecule has 17 heavy (non-hydrogen) atoms. The quantitative estimate of drug-likeness (QED) is 0.787. The molecule has 0 aromatic heterocycles. The topological polar surface area (TPSA) is 41.1 Å². The van der Waals surface area contributed by atoms with Gasteiger partial charge in [0.1, 0.15) is 0 Å². The summed E-state index contributed by atoms with van der Waals surface area (Å²) in [6, 6.07) is 0. The van der Waals surface area contributed by atoms with E-state index in [1.807, 2.05) is 0 Å². The normalized spacial score (nSPS) is 31.6. The van der Waals surface area contributed by atoms with Crippen LogP contribution in [0.3, 0.4) is 0 Å². The third kappa shape index (κ3) is 2.65. The smallest absolute Gasteiger partial charge is 0.227 e. The number of hydrogen-bond donors (Lipinski definition) is 2. The lowest BCUT2D eigenvalue weighted by atomic mass is 9.82. The average molecular weight is 238 g/mol.